The molecule has 0 saturated heterocycles. The van der Waals surface area contributed by atoms with Crippen molar-refractivity contribution in [2.45, 2.75) is 52.2 Å². The minimum Gasteiger partial charge on any atom is -0.336 e. The second-order valence-electron chi connectivity index (χ2n) is 6.27. The number of amides is 1. The summed E-state index contributed by atoms with van der Waals surface area (Å²) in [6.45, 7) is 6.02. The first kappa shape index (κ1) is 14.8. The molecule has 0 unspecified atom stereocenters. The summed E-state index contributed by atoms with van der Waals surface area (Å²) < 4.78 is 1.42. The lowest BCUT2D eigenvalue weighted by molar-refractivity contribution is -0.134. The van der Waals surface area contributed by atoms with E-state index in [2.05, 4.69) is 4.98 Å². The third-order valence-electron chi connectivity index (χ3n) is 4.15. The largest absolute Gasteiger partial charge is 0.336 e. The van der Waals surface area contributed by atoms with Crippen LogP contribution in [0.5, 0.6) is 0 Å². The topological polar surface area (TPSA) is 55.2 Å². The molecule has 0 radical (unpaired) electrons. The molecule has 1 aromatic carbocycles. The number of aryl methyl sites for hydroxylation is 1. The van der Waals surface area contributed by atoms with E-state index in [1.165, 1.54) is 10.9 Å². The summed E-state index contributed by atoms with van der Waals surface area (Å²) in [5.41, 5.74) is 1.52. The summed E-state index contributed by atoms with van der Waals surface area (Å²) in [6, 6.07) is 6.04. The summed E-state index contributed by atoms with van der Waals surface area (Å²) in [5.74, 6) is -0.00611. The lowest BCUT2D eigenvalue weighted by Crippen LogP contribution is -2.42. The van der Waals surface area contributed by atoms with Gasteiger partial charge in [-0.3, -0.25) is 14.2 Å². The quantitative estimate of drug-likeness (QED) is 0.869. The van der Waals surface area contributed by atoms with Crippen LogP contribution in [0.15, 0.2) is 29.3 Å². The summed E-state index contributed by atoms with van der Waals surface area (Å²) in [5, 5.41) is 0.567. The highest BCUT2D eigenvalue weighted by atomic mass is 16.2. The van der Waals surface area contributed by atoms with E-state index in [-0.39, 0.29) is 24.1 Å². The molecule has 3 rings (SSSR count). The Morgan fingerprint density at radius 3 is 2.77 bits per heavy atom. The van der Waals surface area contributed by atoms with Gasteiger partial charge in [0.1, 0.15) is 6.54 Å². The molecule has 1 saturated carbocycles. The van der Waals surface area contributed by atoms with Gasteiger partial charge in [0.25, 0.3) is 5.56 Å². The molecule has 1 amide bonds. The van der Waals surface area contributed by atoms with Gasteiger partial charge < -0.3 is 4.90 Å². The molecule has 0 atom stereocenters. The van der Waals surface area contributed by atoms with Crippen LogP contribution in [0.2, 0.25) is 0 Å². The summed E-state index contributed by atoms with van der Waals surface area (Å²) in [4.78, 5) is 31.3. The molecule has 0 aliphatic heterocycles. The fourth-order valence-electron chi connectivity index (χ4n) is 2.94. The maximum absolute atomic E-state index is 12.5. The maximum Gasteiger partial charge on any atom is 0.261 e. The summed E-state index contributed by atoms with van der Waals surface area (Å²) >= 11 is 0. The molecule has 116 valence electrons. The number of fused-ring (bicyclic) bond motifs is 1. The van der Waals surface area contributed by atoms with E-state index in [4.69, 9.17) is 0 Å². The van der Waals surface area contributed by atoms with Crippen LogP contribution in [0.1, 0.15) is 32.3 Å². The minimum atomic E-state index is -0.151. The van der Waals surface area contributed by atoms with Gasteiger partial charge in [0.2, 0.25) is 5.91 Å². The van der Waals surface area contributed by atoms with Crippen LogP contribution in [0, 0.1) is 6.92 Å². The standard InChI is InChI=1S/C17H21N3O2/c1-11(2)20(13-7-8-13)15(21)9-19-10-18-16-12(3)5-4-6-14(16)17(19)22/h4-6,10-11,13H,7-9H2,1-3H3. The fraction of sp³-hybridized carbons (Fsp3) is 0.471. The average Bonchev–Trinajstić information content (AvgIpc) is 3.27. The van der Waals surface area contributed by atoms with Gasteiger partial charge in [-0.2, -0.15) is 0 Å². The van der Waals surface area contributed by atoms with Gasteiger partial charge >= 0.3 is 0 Å². The van der Waals surface area contributed by atoms with Gasteiger partial charge in [-0.05, 0) is 45.2 Å². The van der Waals surface area contributed by atoms with Crippen molar-refractivity contribution in [2.24, 2.45) is 0 Å². The molecule has 22 heavy (non-hydrogen) atoms. The van der Waals surface area contributed by atoms with E-state index in [9.17, 15) is 9.59 Å². The van der Waals surface area contributed by atoms with Crippen LogP contribution in [0.25, 0.3) is 10.9 Å². The van der Waals surface area contributed by atoms with Crippen molar-refractivity contribution in [3.8, 4) is 0 Å². The lowest BCUT2D eigenvalue weighted by atomic mass is 10.1. The van der Waals surface area contributed by atoms with Crippen LogP contribution in [0.4, 0.5) is 0 Å². The number of benzene rings is 1. The third kappa shape index (κ3) is 2.63. The number of carbonyl (C=O) groups excluding carboxylic acids is 1. The van der Waals surface area contributed by atoms with Crippen LogP contribution in [0.3, 0.4) is 0 Å². The molecule has 0 spiro atoms. The van der Waals surface area contributed by atoms with Gasteiger partial charge in [-0.15, -0.1) is 0 Å². The Kier molecular flexibility index (Phi) is 3.72. The first-order chi connectivity index (χ1) is 10.5. The van der Waals surface area contributed by atoms with Crippen LogP contribution < -0.4 is 5.56 Å². The Morgan fingerprint density at radius 1 is 1.41 bits per heavy atom. The molecule has 0 bridgehead atoms. The van der Waals surface area contributed by atoms with Crippen molar-refractivity contribution in [1.29, 1.82) is 0 Å². The molecule has 1 aromatic heterocycles. The Bertz CT molecular complexity index is 773. The molecule has 2 aromatic rings. The predicted molar refractivity (Wildman–Crippen MR) is 85.7 cm³/mol. The SMILES string of the molecule is Cc1cccc2c(=O)n(CC(=O)N(C(C)C)C3CC3)cnc12. The van der Waals surface area contributed by atoms with Gasteiger partial charge in [-0.25, -0.2) is 4.98 Å². The van der Waals surface area contributed by atoms with Gasteiger partial charge in [0, 0.05) is 12.1 Å². The second-order valence-corrected chi connectivity index (χ2v) is 6.27. The molecule has 0 N–H and O–H groups in total. The Morgan fingerprint density at radius 2 is 2.14 bits per heavy atom. The zero-order chi connectivity index (χ0) is 15.9. The third-order valence-corrected chi connectivity index (χ3v) is 4.15. The van der Waals surface area contributed by atoms with E-state index in [0.29, 0.717) is 16.9 Å². The van der Waals surface area contributed by atoms with E-state index >= 15 is 0 Å². The van der Waals surface area contributed by atoms with Crippen LogP contribution in [-0.4, -0.2) is 32.4 Å². The number of para-hydroxylation sites is 1. The fourth-order valence-corrected chi connectivity index (χ4v) is 2.94. The van der Waals surface area contributed by atoms with Crippen molar-refractivity contribution in [3.63, 3.8) is 0 Å². The van der Waals surface area contributed by atoms with E-state index in [1.807, 2.05) is 37.8 Å². The molecular formula is C17H21N3O2. The normalized spacial score (nSPS) is 14.5. The summed E-state index contributed by atoms with van der Waals surface area (Å²) in [7, 11) is 0. The van der Waals surface area contributed by atoms with E-state index in [0.717, 1.165) is 18.4 Å². The number of carbonyl (C=O) groups is 1. The summed E-state index contributed by atoms with van der Waals surface area (Å²) in [6.07, 6.45) is 3.61. The maximum atomic E-state index is 12.5. The Labute approximate surface area is 129 Å². The lowest BCUT2D eigenvalue weighted by Gasteiger charge is -2.27. The van der Waals surface area contributed by atoms with Crippen molar-refractivity contribution < 1.29 is 4.79 Å². The first-order valence-corrected chi connectivity index (χ1v) is 7.75. The molecule has 1 heterocycles. The van der Waals surface area contributed by atoms with Crippen molar-refractivity contribution in [2.75, 3.05) is 0 Å². The van der Waals surface area contributed by atoms with E-state index < -0.39 is 0 Å². The van der Waals surface area contributed by atoms with Crippen LogP contribution >= 0.6 is 0 Å². The van der Waals surface area contributed by atoms with Gasteiger partial charge in [0.05, 0.1) is 17.2 Å². The molecule has 1 fully saturated rings. The van der Waals surface area contributed by atoms with Crippen molar-refractivity contribution in [3.05, 3.63) is 40.4 Å². The molecular weight excluding hydrogens is 278 g/mol. The number of hydrogen-bond acceptors (Lipinski definition) is 3. The molecule has 5 heteroatoms. The number of rotatable bonds is 4. The first-order valence-electron chi connectivity index (χ1n) is 7.75. The number of nitrogens with zero attached hydrogens (tertiary/aromatic N) is 3. The second kappa shape index (κ2) is 5.55. The molecule has 5 nitrogen and oxygen atoms in total. The highest BCUT2D eigenvalue weighted by molar-refractivity contribution is 5.81. The zero-order valence-corrected chi connectivity index (χ0v) is 13.2. The van der Waals surface area contributed by atoms with Gasteiger partial charge in [0.15, 0.2) is 0 Å². The van der Waals surface area contributed by atoms with Crippen LogP contribution in [-0.2, 0) is 11.3 Å². The minimum absolute atomic E-state index is 0.00611. The molecule has 1 aliphatic rings. The average molecular weight is 299 g/mol. The zero-order valence-electron chi connectivity index (χ0n) is 13.2. The Balaban J connectivity index is 1.92. The monoisotopic (exact) mass is 299 g/mol. The van der Waals surface area contributed by atoms with Gasteiger partial charge in [-0.1, -0.05) is 12.1 Å². The van der Waals surface area contributed by atoms with Crippen molar-refractivity contribution >= 4 is 16.8 Å². The highest BCUT2D eigenvalue weighted by Crippen LogP contribution is 2.28. The Hall–Kier alpha value is -2.17. The highest BCUT2D eigenvalue weighted by Gasteiger charge is 2.34. The number of hydrogen-bond donors (Lipinski definition) is 0. The van der Waals surface area contributed by atoms with Crippen molar-refractivity contribution in [1.82, 2.24) is 14.5 Å². The number of aromatic nitrogens is 2. The smallest absolute Gasteiger partial charge is 0.261 e. The molecule has 1 aliphatic carbocycles. The predicted octanol–water partition coefficient (Wildman–Crippen LogP) is 2.10. The van der Waals surface area contributed by atoms with E-state index in [1.54, 1.807) is 6.07 Å².